The minimum Gasteiger partial charge on any atom is -0.398 e. The van der Waals surface area contributed by atoms with Crippen LogP contribution in [0.1, 0.15) is 20.8 Å². The average molecular weight is 153 g/mol. The molecule has 0 amide bonds. The molecule has 0 unspecified atom stereocenters. The standard InChI is InChI=1S/C8H15N3/c1-4-6(9)7(5(2)3)8(10)11/h4H,9H2,1-3H3,(H3,10,11)/b6-4+. The second-order valence-corrected chi connectivity index (χ2v) is 2.53. The van der Waals surface area contributed by atoms with Crippen LogP contribution in [0.5, 0.6) is 0 Å². The van der Waals surface area contributed by atoms with Crippen LogP contribution in [0.3, 0.4) is 0 Å². The van der Waals surface area contributed by atoms with Gasteiger partial charge in [-0.2, -0.15) is 0 Å². The third-order valence-corrected chi connectivity index (χ3v) is 1.37. The molecule has 3 heteroatoms. The maximum Gasteiger partial charge on any atom is 0.124 e. The van der Waals surface area contributed by atoms with Gasteiger partial charge in [0.1, 0.15) is 5.84 Å². The molecule has 0 saturated heterocycles. The predicted molar refractivity (Wildman–Crippen MR) is 48.2 cm³/mol. The van der Waals surface area contributed by atoms with Gasteiger partial charge >= 0.3 is 0 Å². The summed E-state index contributed by atoms with van der Waals surface area (Å²) in [6.45, 7) is 5.58. The molecule has 0 aliphatic rings. The van der Waals surface area contributed by atoms with Gasteiger partial charge in [0.05, 0.1) is 0 Å². The van der Waals surface area contributed by atoms with E-state index in [-0.39, 0.29) is 5.84 Å². The first-order valence-electron chi connectivity index (χ1n) is 3.44. The van der Waals surface area contributed by atoms with Gasteiger partial charge in [0.25, 0.3) is 0 Å². The fourth-order valence-electron chi connectivity index (χ4n) is 0.858. The van der Waals surface area contributed by atoms with E-state index in [1.165, 1.54) is 0 Å². The Labute approximate surface area is 67.3 Å². The van der Waals surface area contributed by atoms with E-state index < -0.39 is 0 Å². The monoisotopic (exact) mass is 153 g/mol. The lowest BCUT2D eigenvalue weighted by atomic mass is 10.1. The van der Waals surface area contributed by atoms with Crippen LogP contribution in [0.25, 0.3) is 0 Å². The van der Waals surface area contributed by atoms with Gasteiger partial charge in [-0.1, -0.05) is 11.6 Å². The van der Waals surface area contributed by atoms with Gasteiger partial charge in [0.2, 0.25) is 0 Å². The Bertz CT molecular complexity index is 219. The van der Waals surface area contributed by atoms with Crippen molar-refractivity contribution < 1.29 is 0 Å². The molecule has 0 aromatic heterocycles. The van der Waals surface area contributed by atoms with Gasteiger partial charge in [-0.05, 0) is 20.8 Å². The normalized spacial score (nSPS) is 11.0. The van der Waals surface area contributed by atoms with Crippen LogP contribution in [0.15, 0.2) is 22.9 Å². The number of hydrogen-bond acceptors (Lipinski definition) is 2. The predicted octanol–water partition coefficient (Wildman–Crippen LogP) is 1.12. The highest BCUT2D eigenvalue weighted by Crippen LogP contribution is 2.08. The summed E-state index contributed by atoms with van der Waals surface area (Å²) < 4.78 is 0. The van der Waals surface area contributed by atoms with Crippen molar-refractivity contribution in [3.05, 3.63) is 22.9 Å². The van der Waals surface area contributed by atoms with Crippen molar-refractivity contribution in [3.8, 4) is 0 Å². The fraction of sp³-hybridized carbons (Fsp3) is 0.375. The van der Waals surface area contributed by atoms with Crippen LogP contribution in [-0.4, -0.2) is 5.84 Å². The number of hydrogen-bond donors (Lipinski definition) is 3. The van der Waals surface area contributed by atoms with Crippen molar-refractivity contribution >= 4 is 5.84 Å². The van der Waals surface area contributed by atoms with Crippen molar-refractivity contribution in [2.24, 2.45) is 11.5 Å². The summed E-state index contributed by atoms with van der Waals surface area (Å²) >= 11 is 0. The molecule has 0 fully saturated rings. The molecule has 0 aromatic rings. The first-order valence-corrected chi connectivity index (χ1v) is 3.44. The molecule has 0 radical (unpaired) electrons. The molecule has 0 rings (SSSR count). The molecule has 0 aromatic carbocycles. The second-order valence-electron chi connectivity index (χ2n) is 2.53. The zero-order valence-electron chi connectivity index (χ0n) is 7.23. The Morgan fingerprint density at radius 3 is 1.82 bits per heavy atom. The summed E-state index contributed by atoms with van der Waals surface area (Å²) in [6.07, 6.45) is 1.74. The number of rotatable bonds is 2. The second kappa shape index (κ2) is 3.81. The molecule has 5 N–H and O–H groups in total. The molecule has 0 saturated carbocycles. The minimum absolute atomic E-state index is 0.0283. The molecule has 0 aliphatic heterocycles. The van der Waals surface area contributed by atoms with E-state index in [9.17, 15) is 0 Å². The quantitative estimate of drug-likeness (QED) is 0.316. The molecule has 62 valence electrons. The minimum atomic E-state index is 0.0283. The molecule has 3 nitrogen and oxygen atoms in total. The van der Waals surface area contributed by atoms with Gasteiger partial charge in [-0.15, -0.1) is 0 Å². The molecule has 0 spiro atoms. The number of allylic oxidation sites excluding steroid dienone is 2. The van der Waals surface area contributed by atoms with Gasteiger partial charge in [-0.3, -0.25) is 5.41 Å². The van der Waals surface area contributed by atoms with Crippen LogP contribution in [0, 0.1) is 5.41 Å². The van der Waals surface area contributed by atoms with Crippen molar-refractivity contribution in [3.63, 3.8) is 0 Å². The molecule has 0 bridgehead atoms. The number of nitrogens with two attached hydrogens (primary N) is 2. The molecule has 11 heavy (non-hydrogen) atoms. The topological polar surface area (TPSA) is 75.9 Å². The summed E-state index contributed by atoms with van der Waals surface area (Å²) in [5.41, 5.74) is 13.1. The highest BCUT2D eigenvalue weighted by Gasteiger charge is 2.04. The smallest absolute Gasteiger partial charge is 0.124 e. The fourth-order valence-corrected chi connectivity index (χ4v) is 0.858. The number of amidine groups is 1. The van der Waals surface area contributed by atoms with E-state index in [4.69, 9.17) is 16.9 Å². The summed E-state index contributed by atoms with van der Waals surface area (Å²) in [6, 6.07) is 0. The van der Waals surface area contributed by atoms with Crippen molar-refractivity contribution in [2.45, 2.75) is 20.8 Å². The van der Waals surface area contributed by atoms with Crippen LogP contribution >= 0.6 is 0 Å². The summed E-state index contributed by atoms with van der Waals surface area (Å²) in [5.74, 6) is 0.0283. The summed E-state index contributed by atoms with van der Waals surface area (Å²) in [4.78, 5) is 0. The zero-order chi connectivity index (χ0) is 9.02. The van der Waals surface area contributed by atoms with Gasteiger partial charge in [0.15, 0.2) is 0 Å². The maximum absolute atomic E-state index is 7.21. The largest absolute Gasteiger partial charge is 0.398 e. The Kier molecular flexibility index (Phi) is 3.37. The first-order chi connectivity index (χ1) is 5.00. The van der Waals surface area contributed by atoms with Crippen LogP contribution in [0.4, 0.5) is 0 Å². The first kappa shape index (κ1) is 9.75. The average Bonchev–Trinajstić information content (AvgIpc) is 1.85. The zero-order valence-corrected chi connectivity index (χ0v) is 7.23. The van der Waals surface area contributed by atoms with E-state index in [1.807, 2.05) is 20.8 Å². The third-order valence-electron chi connectivity index (χ3n) is 1.37. The van der Waals surface area contributed by atoms with Crippen LogP contribution in [-0.2, 0) is 0 Å². The maximum atomic E-state index is 7.21. The lowest BCUT2D eigenvalue weighted by Crippen LogP contribution is -2.19. The highest BCUT2D eigenvalue weighted by molar-refractivity contribution is 5.99. The van der Waals surface area contributed by atoms with Crippen LogP contribution in [0.2, 0.25) is 0 Å². The number of nitrogens with one attached hydrogen (secondary N) is 1. The van der Waals surface area contributed by atoms with Crippen molar-refractivity contribution in [2.75, 3.05) is 0 Å². The SMILES string of the molecule is C/C=C(/N)C(C(=N)N)=C(C)C. The lowest BCUT2D eigenvalue weighted by Gasteiger charge is -2.07. The Morgan fingerprint density at radius 1 is 1.27 bits per heavy atom. The van der Waals surface area contributed by atoms with E-state index in [2.05, 4.69) is 0 Å². The molecule has 0 atom stereocenters. The third kappa shape index (κ3) is 2.45. The van der Waals surface area contributed by atoms with E-state index in [0.29, 0.717) is 11.3 Å². The van der Waals surface area contributed by atoms with E-state index >= 15 is 0 Å². The van der Waals surface area contributed by atoms with Gasteiger partial charge in [0, 0.05) is 11.3 Å². The van der Waals surface area contributed by atoms with E-state index in [0.717, 1.165) is 5.57 Å². The van der Waals surface area contributed by atoms with Crippen LogP contribution < -0.4 is 11.5 Å². The van der Waals surface area contributed by atoms with Gasteiger partial charge in [-0.25, -0.2) is 0 Å². The van der Waals surface area contributed by atoms with Gasteiger partial charge < -0.3 is 11.5 Å². The van der Waals surface area contributed by atoms with E-state index in [1.54, 1.807) is 6.08 Å². The van der Waals surface area contributed by atoms with Crippen molar-refractivity contribution in [1.29, 1.82) is 5.41 Å². The Hall–Kier alpha value is -1.25. The molecular weight excluding hydrogens is 138 g/mol. The van der Waals surface area contributed by atoms with Crippen molar-refractivity contribution in [1.82, 2.24) is 0 Å². The highest BCUT2D eigenvalue weighted by atomic mass is 14.7. The molecule has 0 aliphatic carbocycles. The summed E-state index contributed by atoms with van der Waals surface area (Å²) in [5, 5.41) is 7.21. The molecular formula is C8H15N3. The Morgan fingerprint density at radius 2 is 1.73 bits per heavy atom. The lowest BCUT2D eigenvalue weighted by molar-refractivity contribution is 1.24. The Balaban J connectivity index is 4.95. The summed E-state index contributed by atoms with van der Waals surface area (Å²) in [7, 11) is 0. The molecule has 0 heterocycles.